The molecular weight excluding hydrogens is 1250 g/mol. The van der Waals surface area contributed by atoms with E-state index in [1.54, 1.807) is 34.6 Å². The first-order valence-electron chi connectivity index (χ1n) is 29.2. The van der Waals surface area contributed by atoms with Gasteiger partial charge in [0.15, 0.2) is 17.5 Å². The van der Waals surface area contributed by atoms with Gasteiger partial charge < -0.3 is 95.8 Å². The van der Waals surface area contributed by atoms with Gasteiger partial charge in [-0.2, -0.15) is 0 Å². The molecule has 5 aromatic carbocycles. The fourth-order valence-corrected chi connectivity index (χ4v) is 11.1. The van der Waals surface area contributed by atoms with E-state index in [2.05, 4.69) is 31.9 Å². The fourth-order valence-electron chi connectivity index (χ4n) is 10.8. The Kier molecular flexibility index (Phi) is 21.6. The minimum absolute atomic E-state index is 0.0140. The van der Waals surface area contributed by atoms with Crippen molar-refractivity contribution in [3.8, 4) is 57.1 Å². The number of benzene rings is 5. The molecule has 500 valence electrons. The first kappa shape index (κ1) is 70.0. The number of carbonyl (C=O) groups is 9. The zero-order valence-corrected chi connectivity index (χ0v) is 53.7. The Balaban J connectivity index is 1.39. The molecule has 0 saturated carbocycles. The summed E-state index contributed by atoms with van der Waals surface area (Å²) in [4.78, 5) is 133. The van der Waals surface area contributed by atoms with Crippen molar-refractivity contribution in [3.63, 3.8) is 0 Å². The zero-order chi connectivity index (χ0) is 68.9. The summed E-state index contributed by atoms with van der Waals surface area (Å²) in [5, 5.41) is 61.6. The van der Waals surface area contributed by atoms with Crippen LogP contribution in [-0.4, -0.2) is 158 Å². The zero-order valence-electron chi connectivity index (χ0n) is 52.9. The van der Waals surface area contributed by atoms with Gasteiger partial charge in [0.05, 0.1) is 47.0 Å². The molecule has 29 nitrogen and oxygen atoms in total. The summed E-state index contributed by atoms with van der Waals surface area (Å²) >= 11 is 6.95. The molecule has 5 aliphatic heterocycles. The molecule has 9 atom stereocenters. The van der Waals surface area contributed by atoms with Crippen LogP contribution in [0.3, 0.4) is 0 Å². The molecule has 94 heavy (non-hydrogen) atoms. The molecule has 11 bridgehead atoms. The lowest BCUT2D eigenvalue weighted by atomic mass is 9.78. The Hall–Kier alpha value is -9.88. The monoisotopic (exact) mass is 1320 g/mol. The van der Waals surface area contributed by atoms with Gasteiger partial charge in [0.25, 0.3) is 0 Å². The van der Waals surface area contributed by atoms with Crippen molar-refractivity contribution >= 4 is 77.6 Å². The second kappa shape index (κ2) is 29.0. The maximum atomic E-state index is 15.9. The average Bonchev–Trinajstić information content (AvgIpc) is 0.771. The number of halogens is 1. The van der Waals surface area contributed by atoms with E-state index in [1.807, 2.05) is 0 Å². The molecule has 0 radical (unpaired) electrons. The highest BCUT2D eigenvalue weighted by Crippen LogP contribution is 2.48. The summed E-state index contributed by atoms with van der Waals surface area (Å²) in [6.45, 7) is 8.31. The smallest absolute Gasteiger partial charge is 0.492 e. The summed E-state index contributed by atoms with van der Waals surface area (Å²) in [6, 6.07) is 2.83. The molecule has 31 heteroatoms. The molecular formula is C63H72BClN8O21. The molecule has 0 aromatic heterocycles. The van der Waals surface area contributed by atoms with Crippen molar-refractivity contribution in [2.75, 3.05) is 42.6 Å². The van der Waals surface area contributed by atoms with E-state index in [1.165, 1.54) is 96.2 Å². The second-order valence-electron chi connectivity index (χ2n) is 23.5. The van der Waals surface area contributed by atoms with Crippen LogP contribution in [0.15, 0.2) is 78.9 Å². The van der Waals surface area contributed by atoms with E-state index in [-0.39, 0.29) is 96.6 Å². The van der Waals surface area contributed by atoms with Gasteiger partial charge in [-0.15, -0.1) is 0 Å². The topological polar surface area (TPSA) is 410 Å². The molecule has 12 N–H and O–H groups in total. The van der Waals surface area contributed by atoms with E-state index >= 15 is 24.0 Å². The van der Waals surface area contributed by atoms with Gasteiger partial charge in [-0.1, -0.05) is 49.7 Å². The quantitative estimate of drug-likeness (QED) is 0.0595. The van der Waals surface area contributed by atoms with Crippen LogP contribution in [0.4, 0.5) is 4.79 Å². The van der Waals surface area contributed by atoms with Crippen molar-refractivity contribution in [1.29, 1.82) is 0 Å². The minimum atomic E-state index is -2.43. The average molecular weight is 1320 g/mol. The summed E-state index contributed by atoms with van der Waals surface area (Å²) in [7, 11) is 5.06. The summed E-state index contributed by atoms with van der Waals surface area (Å²) in [5.74, 6) is -11.3. The highest BCUT2D eigenvalue weighted by Gasteiger charge is 2.43. The van der Waals surface area contributed by atoms with Crippen LogP contribution in [0.25, 0.3) is 11.1 Å². The number of methoxy groups -OCH3 is 5. The van der Waals surface area contributed by atoms with Crippen LogP contribution >= 0.6 is 11.6 Å². The number of rotatable bonds is 13. The maximum Gasteiger partial charge on any atom is 0.492 e. The summed E-state index contributed by atoms with van der Waals surface area (Å²) < 4.78 is 46.8. The third-order valence-corrected chi connectivity index (χ3v) is 15.8. The number of nitrogens with one attached hydrogen (secondary N) is 6. The number of fused-ring (bicyclic) bond motifs is 15. The van der Waals surface area contributed by atoms with E-state index in [0.717, 1.165) is 30.2 Å². The maximum absolute atomic E-state index is 15.9. The predicted molar refractivity (Wildman–Crippen MR) is 334 cm³/mol. The third kappa shape index (κ3) is 15.3. The Labute approximate surface area is 544 Å². The highest BCUT2D eigenvalue weighted by molar-refractivity contribution is 6.59. The number of aliphatic hydroxyl groups is 2. The molecule has 0 unspecified atom stereocenters. The largest absolute Gasteiger partial charge is 0.497 e. The number of primary amides is 1. The molecule has 10 rings (SSSR count). The lowest BCUT2D eigenvalue weighted by molar-refractivity contribution is -0.146. The van der Waals surface area contributed by atoms with E-state index < -0.39 is 138 Å². The molecule has 0 aliphatic carbocycles. The van der Waals surface area contributed by atoms with Gasteiger partial charge in [-0.3, -0.25) is 38.5 Å². The third-order valence-electron chi connectivity index (χ3n) is 15.5. The Bertz CT molecular complexity index is 3810. The standard InChI is InChI=1S/C63H72BClN8O21/c1-27(2)18-38(73(6)62(84)94-63(3,4)5)56(78)71-50-52(75)29-13-16-40(35(20-29)64(85)86)92-43-22-31-23-44(54(43)90-10)93-41-17-14-30(21-36(41)65)53(76)51-60(82)70-49(61(83)91-11)34-24-32(87-7)25-42(89-9)46(34)33-19-28(12-15-39(33)88-8)47(57(79)72-51)69-58(80)48(31)68-55(77)37(26-45(66)74)67-59(50)81/h12-17,19-25,27,37-38,47-53,75-76,85-86H,18,26H2,1-11H3,(H2,66,74)(H,67,81)(H,68,77)(H,69,80)(H,70,82)(H,71,78)(H,72,79)/t37-,38+,47+,48+,49-,50+,51-,52+,53+/m0/s1. The van der Waals surface area contributed by atoms with Crippen LogP contribution in [0, 0.1) is 5.92 Å². The molecule has 5 aliphatic rings. The predicted octanol–water partition coefficient (Wildman–Crippen LogP) is 2.37. The SMILES string of the molecule is COC(=O)[C@H]1NC(=O)[C@H]2NC(=O)[C@H](NC(=O)[C@@H]3NC(=O)[C@H](CC(N)=O)NC(=O)[C@H](NC(=O)[C@@H](CC(C)C)N(C)C(=O)OC(C)(C)C)[C@H](O)c4ccc(c(B(O)O)c4)Oc4cc3cc(c4OC)Oc3ccc(cc3Cl)[C@H]2O)c2ccc(OC)c(c2)-c2c(OC)cc(OC)cc21. The van der Waals surface area contributed by atoms with E-state index in [0.29, 0.717) is 0 Å². The number of aliphatic hydroxyl groups excluding tert-OH is 2. The van der Waals surface area contributed by atoms with Gasteiger partial charge >= 0.3 is 19.2 Å². The number of hydrogen-bond acceptors (Lipinski definition) is 21. The van der Waals surface area contributed by atoms with Gasteiger partial charge in [-0.05, 0) is 104 Å². The van der Waals surface area contributed by atoms with Gasteiger partial charge in [0, 0.05) is 35.3 Å². The van der Waals surface area contributed by atoms with Crippen LogP contribution < -0.4 is 71.5 Å². The van der Waals surface area contributed by atoms with Crippen molar-refractivity contribution in [1.82, 2.24) is 36.8 Å². The highest BCUT2D eigenvalue weighted by atomic mass is 35.5. The van der Waals surface area contributed by atoms with E-state index in [4.69, 9.17) is 55.2 Å². The summed E-state index contributed by atoms with van der Waals surface area (Å²) in [6.07, 6.45) is -6.20. The van der Waals surface area contributed by atoms with Gasteiger partial charge in [0.1, 0.15) is 82.8 Å². The Morgan fingerprint density at radius 3 is 1.87 bits per heavy atom. The number of esters is 1. The molecule has 0 saturated heterocycles. The number of nitrogens with two attached hydrogens (primary N) is 1. The number of nitrogens with zero attached hydrogens (tertiary/aromatic N) is 1. The van der Waals surface area contributed by atoms with Crippen molar-refractivity contribution in [2.45, 2.75) is 108 Å². The lowest BCUT2D eigenvalue weighted by Gasteiger charge is -2.33. The lowest BCUT2D eigenvalue weighted by Crippen LogP contribution is -2.59. The number of hydrogen-bond donors (Lipinski definition) is 11. The van der Waals surface area contributed by atoms with Crippen LogP contribution in [0.5, 0.6) is 46.0 Å². The molecule has 5 aromatic rings. The normalized spacial score (nSPS) is 20.8. The Morgan fingerprint density at radius 1 is 0.681 bits per heavy atom. The molecule has 0 fully saturated rings. The number of amides is 8. The number of carbonyl (C=O) groups excluding carboxylic acids is 9. The minimum Gasteiger partial charge on any atom is -0.497 e. The second-order valence-corrected chi connectivity index (χ2v) is 24.0. The molecule has 8 amide bonds. The molecule has 0 spiro atoms. The first-order chi connectivity index (χ1) is 44.4. The first-order valence-corrected chi connectivity index (χ1v) is 29.6. The van der Waals surface area contributed by atoms with Crippen LogP contribution in [-0.2, 0) is 47.8 Å². The van der Waals surface area contributed by atoms with E-state index in [9.17, 15) is 39.4 Å². The van der Waals surface area contributed by atoms with Crippen molar-refractivity contribution in [2.24, 2.45) is 11.7 Å². The van der Waals surface area contributed by atoms with Crippen molar-refractivity contribution < 1.29 is 101 Å². The van der Waals surface area contributed by atoms with Crippen LogP contribution in [0.1, 0.15) is 106 Å². The number of ether oxygens (including phenoxy) is 8. The van der Waals surface area contributed by atoms with Crippen molar-refractivity contribution in [3.05, 3.63) is 112 Å². The molecule has 5 heterocycles. The number of likely N-dealkylation sites (N-methyl/N-ethyl adjacent to an activating group) is 1. The fraction of sp³-hybridized carbons (Fsp3) is 0.381. The Morgan fingerprint density at radius 2 is 1.29 bits per heavy atom. The summed E-state index contributed by atoms with van der Waals surface area (Å²) in [5.41, 5.74) is 3.61. The van der Waals surface area contributed by atoms with Crippen LogP contribution in [0.2, 0.25) is 5.02 Å². The van der Waals surface area contributed by atoms with Gasteiger partial charge in [-0.25, -0.2) is 9.59 Å². The van der Waals surface area contributed by atoms with Gasteiger partial charge in [0.2, 0.25) is 47.1 Å².